The van der Waals surface area contributed by atoms with Crippen LogP contribution >= 0.6 is 15.9 Å². The maximum absolute atomic E-state index is 11.7. The van der Waals surface area contributed by atoms with Crippen LogP contribution in [0.15, 0.2) is 22.7 Å². The molecule has 1 unspecified atom stereocenters. The summed E-state index contributed by atoms with van der Waals surface area (Å²) in [4.78, 5) is 0. The van der Waals surface area contributed by atoms with Crippen LogP contribution < -0.4 is 10.1 Å². The molecule has 0 heterocycles. The van der Waals surface area contributed by atoms with Crippen LogP contribution in [0.4, 0.5) is 0 Å². The van der Waals surface area contributed by atoms with Crippen molar-refractivity contribution in [2.24, 2.45) is 0 Å². The highest BCUT2D eigenvalue weighted by molar-refractivity contribution is 9.10. The standard InChI is InChI=1S/C15H24BrNO3S/c1-4-9-21(18,19)10-8-20-15-11-13(16)6-7-14(15)12(3)17-5-2/h6-7,11-12,17H,4-5,8-10H2,1-3H3. The number of hydrogen-bond donors (Lipinski definition) is 1. The van der Waals surface area contributed by atoms with Crippen molar-refractivity contribution in [2.75, 3.05) is 24.7 Å². The molecule has 0 saturated carbocycles. The molecule has 21 heavy (non-hydrogen) atoms. The number of sulfone groups is 1. The van der Waals surface area contributed by atoms with E-state index in [4.69, 9.17) is 4.74 Å². The minimum Gasteiger partial charge on any atom is -0.492 e. The minimum atomic E-state index is -3.01. The number of rotatable bonds is 9. The fourth-order valence-electron chi connectivity index (χ4n) is 2.10. The minimum absolute atomic E-state index is 0.0579. The van der Waals surface area contributed by atoms with Gasteiger partial charge in [-0.1, -0.05) is 35.8 Å². The van der Waals surface area contributed by atoms with Crippen LogP contribution in [-0.4, -0.2) is 33.1 Å². The van der Waals surface area contributed by atoms with Crippen molar-refractivity contribution in [3.63, 3.8) is 0 Å². The molecule has 0 bridgehead atoms. The summed E-state index contributed by atoms with van der Waals surface area (Å²) in [5, 5.41) is 3.34. The van der Waals surface area contributed by atoms with Gasteiger partial charge in [-0.15, -0.1) is 0 Å². The Morgan fingerprint density at radius 1 is 1.29 bits per heavy atom. The Labute approximate surface area is 136 Å². The summed E-state index contributed by atoms with van der Waals surface area (Å²) in [7, 11) is -3.01. The maximum Gasteiger partial charge on any atom is 0.153 e. The third-order valence-corrected chi connectivity index (χ3v) is 5.43. The number of ether oxygens (including phenoxy) is 1. The lowest BCUT2D eigenvalue weighted by Gasteiger charge is -2.18. The highest BCUT2D eigenvalue weighted by Crippen LogP contribution is 2.28. The van der Waals surface area contributed by atoms with Gasteiger partial charge in [-0.25, -0.2) is 8.42 Å². The zero-order valence-electron chi connectivity index (χ0n) is 12.9. The Morgan fingerprint density at radius 2 is 2.00 bits per heavy atom. The van der Waals surface area contributed by atoms with Gasteiger partial charge in [0.2, 0.25) is 0 Å². The monoisotopic (exact) mass is 377 g/mol. The summed E-state index contributed by atoms with van der Waals surface area (Å²) < 4.78 is 30.1. The van der Waals surface area contributed by atoms with Crippen LogP contribution in [0.5, 0.6) is 5.75 Å². The van der Waals surface area contributed by atoms with E-state index in [-0.39, 0.29) is 24.2 Å². The van der Waals surface area contributed by atoms with E-state index < -0.39 is 9.84 Å². The van der Waals surface area contributed by atoms with Gasteiger partial charge in [0.25, 0.3) is 0 Å². The first-order valence-electron chi connectivity index (χ1n) is 7.25. The zero-order valence-corrected chi connectivity index (χ0v) is 15.3. The van der Waals surface area contributed by atoms with E-state index in [0.29, 0.717) is 6.42 Å². The second kappa shape index (κ2) is 8.76. The van der Waals surface area contributed by atoms with Crippen molar-refractivity contribution in [2.45, 2.75) is 33.2 Å². The molecule has 1 aromatic rings. The summed E-state index contributed by atoms with van der Waals surface area (Å²) in [6.45, 7) is 7.02. The average molecular weight is 378 g/mol. The molecule has 6 heteroatoms. The Kier molecular flexibility index (Phi) is 7.70. The van der Waals surface area contributed by atoms with Crippen molar-refractivity contribution in [3.8, 4) is 5.75 Å². The smallest absolute Gasteiger partial charge is 0.153 e. The van der Waals surface area contributed by atoms with Gasteiger partial charge < -0.3 is 10.1 Å². The van der Waals surface area contributed by atoms with E-state index in [0.717, 1.165) is 22.3 Å². The molecule has 120 valence electrons. The van der Waals surface area contributed by atoms with Gasteiger partial charge in [-0.2, -0.15) is 0 Å². The number of nitrogens with one attached hydrogen (secondary N) is 1. The Hall–Kier alpha value is -0.590. The first-order valence-corrected chi connectivity index (χ1v) is 9.87. The Balaban J connectivity index is 2.75. The highest BCUT2D eigenvalue weighted by atomic mass is 79.9. The molecule has 0 aliphatic heterocycles. The van der Waals surface area contributed by atoms with Gasteiger partial charge in [0.15, 0.2) is 9.84 Å². The van der Waals surface area contributed by atoms with Crippen molar-refractivity contribution >= 4 is 25.8 Å². The van der Waals surface area contributed by atoms with Crippen LogP contribution in [0.1, 0.15) is 38.8 Å². The van der Waals surface area contributed by atoms with Crippen LogP contribution in [0.3, 0.4) is 0 Å². The SMILES string of the molecule is CCCS(=O)(=O)CCOc1cc(Br)ccc1C(C)NCC. The molecular weight excluding hydrogens is 354 g/mol. The fraction of sp³-hybridized carbons (Fsp3) is 0.600. The predicted molar refractivity (Wildman–Crippen MR) is 90.7 cm³/mol. The lowest BCUT2D eigenvalue weighted by molar-refractivity contribution is 0.333. The Bertz CT molecular complexity index is 546. The molecule has 0 saturated heterocycles. The second-order valence-electron chi connectivity index (χ2n) is 4.96. The third-order valence-electron chi connectivity index (χ3n) is 3.12. The largest absolute Gasteiger partial charge is 0.492 e. The Morgan fingerprint density at radius 3 is 2.62 bits per heavy atom. The molecule has 1 aromatic carbocycles. The highest BCUT2D eigenvalue weighted by Gasteiger charge is 2.14. The van der Waals surface area contributed by atoms with Gasteiger partial charge in [0, 0.05) is 16.1 Å². The lowest BCUT2D eigenvalue weighted by Crippen LogP contribution is -2.20. The van der Waals surface area contributed by atoms with Gasteiger partial charge in [-0.3, -0.25) is 0 Å². The zero-order chi connectivity index (χ0) is 15.9. The van der Waals surface area contributed by atoms with Crippen molar-refractivity contribution < 1.29 is 13.2 Å². The molecule has 4 nitrogen and oxygen atoms in total. The summed E-state index contributed by atoms with van der Waals surface area (Å²) in [6.07, 6.45) is 0.641. The first kappa shape index (κ1) is 18.5. The van der Waals surface area contributed by atoms with Crippen molar-refractivity contribution in [1.82, 2.24) is 5.32 Å². The van der Waals surface area contributed by atoms with E-state index in [1.807, 2.05) is 32.0 Å². The predicted octanol–water partition coefficient (Wildman–Crippen LogP) is 3.32. The summed E-state index contributed by atoms with van der Waals surface area (Å²) in [6, 6.07) is 6.00. The molecule has 0 aliphatic rings. The lowest BCUT2D eigenvalue weighted by atomic mass is 10.1. The summed E-state index contributed by atoms with van der Waals surface area (Å²) in [5.41, 5.74) is 1.04. The molecule has 0 radical (unpaired) electrons. The molecule has 0 aliphatic carbocycles. The normalized spacial score (nSPS) is 13.1. The number of benzene rings is 1. The second-order valence-corrected chi connectivity index (χ2v) is 8.18. The number of hydrogen-bond acceptors (Lipinski definition) is 4. The maximum atomic E-state index is 11.7. The molecule has 0 fully saturated rings. The van der Waals surface area contributed by atoms with E-state index in [1.165, 1.54) is 0 Å². The molecule has 0 spiro atoms. The average Bonchev–Trinajstić information content (AvgIpc) is 2.38. The van der Waals surface area contributed by atoms with Crippen LogP contribution in [0.2, 0.25) is 0 Å². The molecular formula is C15H24BrNO3S. The van der Waals surface area contributed by atoms with E-state index in [2.05, 4.69) is 28.2 Å². The van der Waals surface area contributed by atoms with E-state index in [9.17, 15) is 8.42 Å². The van der Waals surface area contributed by atoms with Crippen LogP contribution in [-0.2, 0) is 9.84 Å². The molecule has 0 amide bonds. The van der Waals surface area contributed by atoms with E-state index in [1.54, 1.807) is 0 Å². The molecule has 1 atom stereocenters. The third kappa shape index (κ3) is 6.36. The topological polar surface area (TPSA) is 55.4 Å². The van der Waals surface area contributed by atoms with Gasteiger partial charge in [0.05, 0.1) is 11.5 Å². The molecule has 0 aromatic heterocycles. The van der Waals surface area contributed by atoms with Crippen molar-refractivity contribution in [3.05, 3.63) is 28.2 Å². The molecule has 1 N–H and O–H groups in total. The van der Waals surface area contributed by atoms with E-state index >= 15 is 0 Å². The molecule has 1 rings (SSSR count). The summed E-state index contributed by atoms with van der Waals surface area (Å²) >= 11 is 3.42. The van der Waals surface area contributed by atoms with Crippen LogP contribution in [0.25, 0.3) is 0 Å². The number of halogens is 1. The van der Waals surface area contributed by atoms with Crippen LogP contribution in [0, 0.1) is 0 Å². The summed E-state index contributed by atoms with van der Waals surface area (Å²) in [5.74, 6) is 1.00. The fourth-order valence-corrected chi connectivity index (χ4v) is 3.60. The van der Waals surface area contributed by atoms with Gasteiger partial charge in [0.1, 0.15) is 12.4 Å². The van der Waals surface area contributed by atoms with Gasteiger partial charge >= 0.3 is 0 Å². The van der Waals surface area contributed by atoms with Gasteiger partial charge in [-0.05, 0) is 32.0 Å². The van der Waals surface area contributed by atoms with Crippen molar-refractivity contribution in [1.29, 1.82) is 0 Å². The quantitative estimate of drug-likeness (QED) is 0.716. The first-order chi connectivity index (χ1) is 9.89.